The van der Waals surface area contributed by atoms with E-state index in [1.54, 1.807) is 16.8 Å². The molecule has 0 saturated heterocycles. The summed E-state index contributed by atoms with van der Waals surface area (Å²) < 4.78 is 3.17. The van der Waals surface area contributed by atoms with Gasteiger partial charge in [0, 0.05) is 10.7 Å². The van der Waals surface area contributed by atoms with Crippen LogP contribution in [-0.4, -0.2) is 14.5 Å². The molecular weight excluding hydrogens is 324 g/mol. The van der Waals surface area contributed by atoms with Crippen LogP contribution in [0.1, 0.15) is 5.56 Å². The van der Waals surface area contributed by atoms with Gasteiger partial charge < -0.3 is 4.98 Å². The maximum Gasteiger partial charge on any atom is 0.184 e. The van der Waals surface area contributed by atoms with Crippen LogP contribution in [0.4, 0.5) is 0 Å². The Labute approximate surface area is 122 Å². The molecule has 4 nitrogen and oxygen atoms in total. The number of hydrogen-bond acceptors (Lipinski definition) is 3. The van der Waals surface area contributed by atoms with Gasteiger partial charge >= 0.3 is 0 Å². The van der Waals surface area contributed by atoms with E-state index in [-0.39, 0.29) is 0 Å². The van der Waals surface area contributed by atoms with Crippen molar-refractivity contribution in [3.8, 4) is 11.8 Å². The second-order valence-electron chi connectivity index (χ2n) is 3.91. The number of nitrogens with one attached hydrogen (secondary N) is 1. The monoisotopic (exact) mass is 330 g/mol. The molecule has 0 atom stereocenters. The maximum absolute atomic E-state index is 9.23. The van der Waals surface area contributed by atoms with E-state index in [1.165, 1.54) is 0 Å². The van der Waals surface area contributed by atoms with Gasteiger partial charge in [-0.05, 0) is 42.5 Å². The maximum atomic E-state index is 9.23. The summed E-state index contributed by atoms with van der Waals surface area (Å²) in [6.07, 6.45) is 1.70. The van der Waals surface area contributed by atoms with E-state index in [9.17, 15) is 5.26 Å². The zero-order valence-electron chi connectivity index (χ0n) is 9.59. The molecule has 0 saturated carbocycles. The van der Waals surface area contributed by atoms with Crippen molar-refractivity contribution in [2.75, 3.05) is 0 Å². The molecule has 2 heterocycles. The lowest BCUT2D eigenvalue weighted by Crippen LogP contribution is -1.98. The largest absolute Gasteiger partial charge is 0.329 e. The fourth-order valence-corrected chi connectivity index (χ4v) is 2.59. The van der Waals surface area contributed by atoms with E-state index < -0.39 is 0 Å². The minimum atomic E-state index is 0.517. The standard InChI is InChI=1S/C13H7BrN4S/c14-9-4-3-8(7-15)11(6-9)18-12-10(17-13(18)19)2-1-5-16-12/h1-6H,(H,17,19). The molecule has 0 fully saturated rings. The van der Waals surface area contributed by atoms with Crippen LogP contribution in [0.25, 0.3) is 16.9 Å². The summed E-state index contributed by atoms with van der Waals surface area (Å²) in [5, 5.41) is 9.23. The van der Waals surface area contributed by atoms with Crippen LogP contribution >= 0.6 is 28.1 Å². The second kappa shape index (κ2) is 4.61. The number of pyridine rings is 1. The molecule has 1 aromatic carbocycles. The van der Waals surface area contributed by atoms with Gasteiger partial charge in [-0.3, -0.25) is 4.57 Å². The van der Waals surface area contributed by atoms with E-state index in [2.05, 4.69) is 32.0 Å². The summed E-state index contributed by atoms with van der Waals surface area (Å²) in [7, 11) is 0. The fourth-order valence-electron chi connectivity index (χ4n) is 1.95. The van der Waals surface area contributed by atoms with Crippen molar-refractivity contribution < 1.29 is 0 Å². The van der Waals surface area contributed by atoms with Crippen LogP contribution in [0.15, 0.2) is 41.0 Å². The number of halogens is 1. The lowest BCUT2D eigenvalue weighted by atomic mass is 10.2. The van der Waals surface area contributed by atoms with Crippen molar-refractivity contribution in [1.82, 2.24) is 14.5 Å². The summed E-state index contributed by atoms with van der Waals surface area (Å²) in [4.78, 5) is 7.41. The van der Waals surface area contributed by atoms with Crippen LogP contribution in [0.3, 0.4) is 0 Å². The molecule has 19 heavy (non-hydrogen) atoms. The van der Waals surface area contributed by atoms with Gasteiger partial charge in [0.1, 0.15) is 6.07 Å². The lowest BCUT2D eigenvalue weighted by molar-refractivity contribution is 1.04. The number of benzene rings is 1. The Morgan fingerprint density at radius 3 is 3.00 bits per heavy atom. The first-order valence-corrected chi connectivity index (χ1v) is 6.66. The first-order valence-electron chi connectivity index (χ1n) is 5.46. The predicted molar refractivity (Wildman–Crippen MR) is 78.7 cm³/mol. The molecule has 3 aromatic rings. The number of imidazole rings is 1. The van der Waals surface area contributed by atoms with Crippen LogP contribution in [0, 0.1) is 16.1 Å². The lowest BCUT2D eigenvalue weighted by Gasteiger charge is -2.06. The Hall–Kier alpha value is -1.97. The Bertz CT molecular complexity index is 872. The highest BCUT2D eigenvalue weighted by Crippen LogP contribution is 2.23. The fraction of sp³-hybridized carbons (Fsp3) is 0. The molecule has 0 aliphatic carbocycles. The molecule has 0 bridgehead atoms. The van der Waals surface area contributed by atoms with Gasteiger partial charge in [-0.2, -0.15) is 5.26 Å². The predicted octanol–water partition coefficient (Wildman–Crippen LogP) is 3.72. The Balaban J connectivity index is 2.43. The Morgan fingerprint density at radius 2 is 2.21 bits per heavy atom. The second-order valence-corrected chi connectivity index (χ2v) is 5.22. The minimum absolute atomic E-state index is 0.517. The summed E-state index contributed by atoms with van der Waals surface area (Å²) in [6.45, 7) is 0. The number of aromatic nitrogens is 3. The molecule has 0 radical (unpaired) electrons. The molecule has 92 valence electrons. The number of nitriles is 1. The number of hydrogen-bond donors (Lipinski definition) is 1. The van der Waals surface area contributed by atoms with Crippen molar-refractivity contribution >= 4 is 39.3 Å². The molecule has 2 aromatic heterocycles. The van der Waals surface area contributed by atoms with Crippen molar-refractivity contribution in [2.24, 2.45) is 0 Å². The van der Waals surface area contributed by atoms with Gasteiger partial charge in [0.25, 0.3) is 0 Å². The summed E-state index contributed by atoms with van der Waals surface area (Å²) in [5.74, 6) is 0. The van der Waals surface area contributed by atoms with Crippen LogP contribution in [0.2, 0.25) is 0 Å². The highest BCUT2D eigenvalue weighted by molar-refractivity contribution is 9.10. The van der Waals surface area contributed by atoms with Crippen LogP contribution in [-0.2, 0) is 0 Å². The van der Waals surface area contributed by atoms with Crippen LogP contribution in [0.5, 0.6) is 0 Å². The first-order chi connectivity index (χ1) is 9.20. The van der Waals surface area contributed by atoms with E-state index in [4.69, 9.17) is 12.2 Å². The third kappa shape index (κ3) is 1.97. The normalized spacial score (nSPS) is 10.5. The molecular formula is C13H7BrN4S. The SMILES string of the molecule is N#Cc1ccc(Br)cc1-n1c(=S)[nH]c2cccnc21. The smallest absolute Gasteiger partial charge is 0.184 e. The van der Waals surface area contributed by atoms with E-state index in [0.29, 0.717) is 21.7 Å². The third-order valence-corrected chi connectivity index (χ3v) is 3.54. The number of nitrogens with zero attached hydrogens (tertiary/aromatic N) is 3. The molecule has 0 aliphatic heterocycles. The molecule has 3 rings (SSSR count). The molecule has 0 unspecified atom stereocenters. The van der Waals surface area contributed by atoms with Gasteiger partial charge in [0.2, 0.25) is 0 Å². The van der Waals surface area contributed by atoms with Gasteiger partial charge in [0.05, 0.1) is 16.8 Å². The third-order valence-electron chi connectivity index (χ3n) is 2.76. The first kappa shape index (κ1) is 12.1. The van der Waals surface area contributed by atoms with Gasteiger partial charge in [-0.1, -0.05) is 15.9 Å². The zero-order chi connectivity index (χ0) is 13.4. The summed E-state index contributed by atoms with van der Waals surface area (Å²) in [6, 6.07) is 11.3. The summed E-state index contributed by atoms with van der Waals surface area (Å²) >= 11 is 8.74. The average molecular weight is 331 g/mol. The number of fused-ring (bicyclic) bond motifs is 1. The van der Waals surface area contributed by atoms with Crippen molar-refractivity contribution in [2.45, 2.75) is 0 Å². The number of H-pyrrole nitrogens is 1. The van der Waals surface area contributed by atoms with Crippen molar-refractivity contribution in [3.63, 3.8) is 0 Å². The van der Waals surface area contributed by atoms with Crippen LogP contribution < -0.4 is 0 Å². The number of aromatic amines is 1. The van der Waals surface area contributed by atoms with Gasteiger partial charge in [0.15, 0.2) is 10.4 Å². The minimum Gasteiger partial charge on any atom is -0.329 e. The van der Waals surface area contributed by atoms with Crippen molar-refractivity contribution in [1.29, 1.82) is 5.26 Å². The highest BCUT2D eigenvalue weighted by atomic mass is 79.9. The highest BCUT2D eigenvalue weighted by Gasteiger charge is 2.11. The van der Waals surface area contributed by atoms with Crippen molar-refractivity contribution in [3.05, 3.63) is 51.3 Å². The van der Waals surface area contributed by atoms with Gasteiger partial charge in [-0.15, -0.1) is 0 Å². The Kier molecular flexibility index (Phi) is 2.93. The van der Waals surface area contributed by atoms with E-state index >= 15 is 0 Å². The quantitative estimate of drug-likeness (QED) is 0.692. The topological polar surface area (TPSA) is 57.4 Å². The van der Waals surface area contributed by atoms with E-state index in [0.717, 1.165) is 9.99 Å². The summed E-state index contributed by atoms with van der Waals surface area (Å²) in [5.41, 5.74) is 2.82. The molecule has 0 amide bonds. The van der Waals surface area contributed by atoms with E-state index in [1.807, 2.05) is 24.3 Å². The van der Waals surface area contributed by atoms with Gasteiger partial charge in [-0.25, -0.2) is 4.98 Å². The zero-order valence-corrected chi connectivity index (χ0v) is 12.0. The molecule has 1 N–H and O–H groups in total. The molecule has 6 heteroatoms. The average Bonchev–Trinajstić information content (AvgIpc) is 2.74. The Morgan fingerprint density at radius 1 is 1.37 bits per heavy atom. The molecule has 0 aliphatic rings. The molecule has 0 spiro atoms. The number of rotatable bonds is 1.